The summed E-state index contributed by atoms with van der Waals surface area (Å²) in [4.78, 5) is 28.4. The molecule has 13 heteroatoms. The van der Waals surface area contributed by atoms with E-state index in [9.17, 15) is 14.7 Å². The van der Waals surface area contributed by atoms with E-state index in [2.05, 4.69) is 10.2 Å². The number of Topliss-reactive ketones (excluding diaryl/α,β-unsaturated/α-hetero) is 1. The van der Waals surface area contributed by atoms with E-state index in [-0.39, 0.29) is 16.5 Å². The quantitative estimate of drug-likeness (QED) is 0.0623. The number of halogens is 2. The second-order valence-corrected chi connectivity index (χ2v) is 12.1. The summed E-state index contributed by atoms with van der Waals surface area (Å²) in [6, 6.07) is 15.9. The Morgan fingerprint density at radius 1 is 1.00 bits per heavy atom. The first-order valence-electron chi connectivity index (χ1n) is 12.9. The van der Waals surface area contributed by atoms with E-state index < -0.39 is 17.7 Å². The number of rotatable bonds is 10. The van der Waals surface area contributed by atoms with E-state index >= 15 is 0 Å². The number of ether oxygens (including phenoxy) is 3. The third-order valence-corrected chi connectivity index (χ3v) is 9.27. The van der Waals surface area contributed by atoms with Crippen molar-refractivity contribution in [2.45, 2.75) is 23.1 Å². The number of carbonyl (C=O) groups excluding carboxylic acids is 2. The fourth-order valence-electron chi connectivity index (χ4n) is 4.54. The zero-order chi connectivity index (χ0) is 30.7. The molecule has 1 atom stereocenters. The number of anilines is 1. The van der Waals surface area contributed by atoms with E-state index in [1.165, 1.54) is 30.9 Å². The summed E-state index contributed by atoms with van der Waals surface area (Å²) in [5.74, 6) is -0.0929. The summed E-state index contributed by atoms with van der Waals surface area (Å²) >= 11 is 14.8. The number of benzene rings is 3. The zero-order valence-corrected chi connectivity index (χ0v) is 26.3. The summed E-state index contributed by atoms with van der Waals surface area (Å²) in [7, 11) is 2.99. The minimum absolute atomic E-state index is 0.0984. The van der Waals surface area contributed by atoms with E-state index in [1.54, 1.807) is 54.6 Å². The van der Waals surface area contributed by atoms with Crippen LogP contribution in [0.4, 0.5) is 5.13 Å². The Bertz CT molecular complexity index is 1710. The van der Waals surface area contributed by atoms with Gasteiger partial charge in [-0.2, -0.15) is 0 Å². The molecular formula is C30H25Cl2N3O6S2. The monoisotopic (exact) mass is 657 g/mol. The average Bonchev–Trinajstić information content (AvgIpc) is 3.58. The van der Waals surface area contributed by atoms with Crippen LogP contribution < -0.4 is 19.1 Å². The molecule has 222 valence electrons. The Morgan fingerprint density at radius 2 is 1.74 bits per heavy atom. The highest BCUT2D eigenvalue weighted by molar-refractivity contribution is 8.00. The van der Waals surface area contributed by atoms with Gasteiger partial charge >= 0.3 is 5.91 Å². The maximum atomic E-state index is 13.6. The number of aromatic nitrogens is 2. The predicted molar refractivity (Wildman–Crippen MR) is 168 cm³/mol. The number of carbonyl (C=O) groups is 2. The Hall–Kier alpha value is -3.77. The van der Waals surface area contributed by atoms with Gasteiger partial charge in [-0.25, -0.2) is 0 Å². The first kappa shape index (κ1) is 30.7. The molecule has 1 aromatic heterocycles. The van der Waals surface area contributed by atoms with Crippen molar-refractivity contribution in [2.75, 3.05) is 25.7 Å². The molecule has 4 aromatic rings. The van der Waals surface area contributed by atoms with Crippen LogP contribution in [0.25, 0.3) is 5.76 Å². The first-order valence-corrected chi connectivity index (χ1v) is 15.5. The Kier molecular flexibility index (Phi) is 9.46. The lowest BCUT2D eigenvalue weighted by Crippen LogP contribution is -2.29. The van der Waals surface area contributed by atoms with Crippen LogP contribution in [-0.2, 0) is 15.3 Å². The number of nitrogens with zero attached hydrogens (tertiary/aromatic N) is 3. The van der Waals surface area contributed by atoms with Gasteiger partial charge in [0, 0.05) is 21.4 Å². The minimum Gasteiger partial charge on any atom is -0.507 e. The van der Waals surface area contributed by atoms with Gasteiger partial charge in [-0.15, -0.1) is 10.2 Å². The van der Waals surface area contributed by atoms with Crippen molar-refractivity contribution < 1.29 is 28.9 Å². The Labute approximate surface area is 266 Å². The van der Waals surface area contributed by atoms with Crippen molar-refractivity contribution in [2.24, 2.45) is 0 Å². The first-order chi connectivity index (χ1) is 20.7. The normalized spacial score (nSPS) is 16.0. The van der Waals surface area contributed by atoms with Crippen molar-refractivity contribution in [3.8, 4) is 17.2 Å². The number of hydrogen-bond donors (Lipinski definition) is 1. The molecule has 1 fully saturated rings. The van der Waals surface area contributed by atoms with E-state index in [1.807, 2.05) is 13.0 Å². The van der Waals surface area contributed by atoms with E-state index in [0.29, 0.717) is 55.1 Å². The minimum atomic E-state index is -1.03. The summed E-state index contributed by atoms with van der Waals surface area (Å²) in [6.45, 7) is 2.34. The molecule has 1 N–H and O–H groups in total. The number of aliphatic hydroxyl groups is 1. The van der Waals surface area contributed by atoms with E-state index in [0.717, 1.165) is 16.9 Å². The van der Waals surface area contributed by atoms with Gasteiger partial charge in [0.15, 0.2) is 15.8 Å². The summed E-state index contributed by atoms with van der Waals surface area (Å²) in [6.07, 6.45) is 0. The third-order valence-electron chi connectivity index (χ3n) is 6.57. The number of ketones is 1. The number of hydrogen-bond acceptors (Lipinski definition) is 10. The predicted octanol–water partition coefficient (Wildman–Crippen LogP) is 7.18. The summed E-state index contributed by atoms with van der Waals surface area (Å²) in [5.41, 5.74) is 1.61. The summed E-state index contributed by atoms with van der Waals surface area (Å²) < 4.78 is 16.9. The molecular weight excluding hydrogens is 633 g/mol. The van der Waals surface area contributed by atoms with Crippen LogP contribution in [0.1, 0.15) is 29.7 Å². The molecule has 3 aromatic carbocycles. The Balaban J connectivity index is 1.56. The smallest absolute Gasteiger partial charge is 0.301 e. The highest BCUT2D eigenvalue weighted by atomic mass is 35.5. The third kappa shape index (κ3) is 6.30. The van der Waals surface area contributed by atoms with Gasteiger partial charge in [0.2, 0.25) is 5.13 Å². The molecule has 5 rings (SSSR count). The number of amides is 1. The molecule has 0 bridgehead atoms. The highest BCUT2D eigenvalue weighted by Crippen LogP contribution is 2.45. The van der Waals surface area contributed by atoms with E-state index in [4.69, 9.17) is 37.4 Å². The maximum absolute atomic E-state index is 13.6. The molecule has 9 nitrogen and oxygen atoms in total. The van der Waals surface area contributed by atoms with Crippen molar-refractivity contribution in [3.63, 3.8) is 0 Å². The number of aliphatic hydroxyl groups excluding tert-OH is 1. The van der Waals surface area contributed by atoms with Gasteiger partial charge < -0.3 is 19.3 Å². The van der Waals surface area contributed by atoms with Crippen molar-refractivity contribution in [1.82, 2.24) is 10.2 Å². The molecule has 2 heterocycles. The average molecular weight is 659 g/mol. The van der Waals surface area contributed by atoms with Gasteiger partial charge in [0.25, 0.3) is 5.78 Å². The molecule has 0 radical (unpaired) electrons. The molecule has 1 amide bonds. The van der Waals surface area contributed by atoms with Gasteiger partial charge in [0.1, 0.15) is 11.5 Å². The fraction of sp³-hybridized carbons (Fsp3) is 0.200. The largest absolute Gasteiger partial charge is 0.507 e. The lowest BCUT2D eigenvalue weighted by molar-refractivity contribution is -0.132. The van der Waals surface area contributed by atoms with Crippen LogP contribution >= 0.6 is 46.3 Å². The van der Waals surface area contributed by atoms with Crippen molar-refractivity contribution in [1.29, 1.82) is 0 Å². The molecule has 1 aliphatic rings. The van der Waals surface area contributed by atoms with Crippen LogP contribution in [0.2, 0.25) is 10.0 Å². The number of methoxy groups -OCH3 is 2. The zero-order valence-electron chi connectivity index (χ0n) is 23.2. The Morgan fingerprint density at radius 3 is 2.42 bits per heavy atom. The van der Waals surface area contributed by atoms with Crippen molar-refractivity contribution in [3.05, 3.63) is 93.0 Å². The fourth-order valence-corrected chi connectivity index (χ4v) is 6.96. The second-order valence-electron chi connectivity index (χ2n) is 9.12. The lowest BCUT2D eigenvalue weighted by Gasteiger charge is -2.23. The van der Waals surface area contributed by atoms with Gasteiger partial charge in [-0.3, -0.25) is 14.5 Å². The molecule has 1 aliphatic heterocycles. The summed E-state index contributed by atoms with van der Waals surface area (Å²) in [5, 5.41) is 21.2. The SMILES string of the molecule is CCOc1ccc(/C(O)=C2/C(=O)C(=O)N(c3nnc(SCc4ccc(Cl)cc4Cl)s3)C2c2ccc(OC)c(OC)c2)cc1. The molecule has 0 spiro atoms. The van der Waals surface area contributed by atoms with Crippen LogP contribution in [0.3, 0.4) is 0 Å². The van der Waals surface area contributed by atoms with Crippen LogP contribution in [0.5, 0.6) is 17.2 Å². The van der Waals surface area contributed by atoms with Gasteiger partial charge in [0.05, 0.1) is 32.4 Å². The maximum Gasteiger partial charge on any atom is 0.301 e. The second kappa shape index (κ2) is 13.3. The van der Waals surface area contributed by atoms with Crippen LogP contribution in [-0.4, -0.2) is 47.8 Å². The van der Waals surface area contributed by atoms with Gasteiger partial charge in [-0.1, -0.05) is 58.4 Å². The molecule has 1 saturated heterocycles. The lowest BCUT2D eigenvalue weighted by atomic mass is 9.95. The van der Waals surface area contributed by atoms with Gasteiger partial charge in [-0.05, 0) is 66.6 Å². The molecule has 1 unspecified atom stereocenters. The molecule has 0 aliphatic carbocycles. The van der Waals surface area contributed by atoms with Crippen molar-refractivity contribution >= 4 is 68.9 Å². The van der Waals surface area contributed by atoms with Crippen LogP contribution in [0, 0.1) is 0 Å². The topological polar surface area (TPSA) is 111 Å². The number of thioether (sulfide) groups is 1. The molecule has 43 heavy (non-hydrogen) atoms. The molecule has 0 saturated carbocycles. The van der Waals surface area contributed by atoms with Crippen LogP contribution in [0.15, 0.2) is 70.6 Å². The highest BCUT2D eigenvalue weighted by Gasteiger charge is 2.48. The standard InChI is InChI=1S/C30H25Cl2N3O6S2/c1-4-41-20-10-6-16(7-11-20)26(36)24-25(17-8-12-22(39-2)23(13-17)40-3)35(28(38)27(24)37)29-33-34-30(43-29)42-15-18-5-9-19(31)14-21(18)32/h5-14,25,36H,4,15H2,1-3H3/b26-24-.